The summed E-state index contributed by atoms with van der Waals surface area (Å²) in [6.45, 7) is 8.50. The minimum atomic E-state index is 0.818. The van der Waals surface area contributed by atoms with Crippen molar-refractivity contribution in [2.24, 2.45) is 0 Å². The summed E-state index contributed by atoms with van der Waals surface area (Å²) in [5, 5.41) is 0. The van der Waals surface area contributed by atoms with E-state index in [9.17, 15) is 0 Å². The van der Waals surface area contributed by atoms with Crippen LogP contribution in [0, 0.1) is 0 Å². The van der Waals surface area contributed by atoms with Crippen molar-refractivity contribution in [3.63, 3.8) is 0 Å². The van der Waals surface area contributed by atoms with Gasteiger partial charge in [0.25, 0.3) is 0 Å². The number of rotatable bonds is 35. The fourth-order valence-corrected chi connectivity index (χ4v) is 6.63. The first-order valence-electron chi connectivity index (χ1n) is 19.9. The topological polar surface area (TPSA) is 0 Å². The second-order valence-electron chi connectivity index (χ2n) is 14.7. The Labute approximate surface area is 263 Å². The zero-order valence-corrected chi connectivity index (χ0v) is 30.1. The van der Waals surface area contributed by atoms with Crippen molar-refractivity contribution >= 4 is 0 Å². The Balaban J connectivity index is 3.39. The van der Waals surface area contributed by atoms with Gasteiger partial charge >= 0.3 is 0 Å². The summed E-state index contributed by atoms with van der Waals surface area (Å²) in [5.41, 5.74) is 0. The van der Waals surface area contributed by atoms with Crippen LogP contribution in [0.1, 0.15) is 233 Å². The minimum absolute atomic E-state index is 0.818. The second-order valence-corrected chi connectivity index (χ2v) is 14.7. The molecule has 0 N–H and O–H groups in total. The molecule has 0 saturated heterocycles. The molecule has 0 rings (SSSR count). The number of unbranched alkanes of at least 4 members (excludes halogenated alkanes) is 30. The Morgan fingerprint density at radius 1 is 0.317 bits per heavy atom. The first-order valence-corrected chi connectivity index (χ1v) is 19.9. The Morgan fingerprint density at radius 3 is 0.805 bits per heavy atom. The summed E-state index contributed by atoms with van der Waals surface area (Å²) in [6.07, 6.45) is 48.3. The maximum absolute atomic E-state index is 2.51. The summed E-state index contributed by atoms with van der Waals surface area (Å²) in [4.78, 5) is 0. The van der Waals surface area contributed by atoms with Crippen LogP contribution >= 0.6 is 0 Å². The lowest BCUT2D eigenvalue weighted by Crippen LogP contribution is -2.47. The van der Waals surface area contributed by atoms with Crippen LogP contribution in [0.4, 0.5) is 0 Å². The molecular weight excluding hydrogens is 494 g/mol. The Kier molecular flexibility index (Phi) is 32.8. The monoisotopic (exact) mass is 579 g/mol. The van der Waals surface area contributed by atoms with Gasteiger partial charge in [0.15, 0.2) is 0 Å². The Bertz CT molecular complexity index is 469. The molecule has 0 amide bonds. The van der Waals surface area contributed by atoms with Gasteiger partial charge in [-0.15, -0.1) is 0 Å². The molecule has 0 bridgehead atoms. The van der Waals surface area contributed by atoms with E-state index in [0.29, 0.717) is 0 Å². The van der Waals surface area contributed by atoms with Gasteiger partial charge < -0.3 is 4.48 Å². The van der Waals surface area contributed by atoms with Crippen LogP contribution in [-0.4, -0.2) is 31.2 Å². The first-order chi connectivity index (χ1) is 20.0. The molecule has 1 atom stereocenters. The molecule has 0 heterocycles. The second kappa shape index (κ2) is 32.9. The molecule has 1 nitrogen and oxygen atoms in total. The quantitative estimate of drug-likeness (QED) is 0.0518. The summed E-state index contributed by atoms with van der Waals surface area (Å²) in [5.74, 6) is 0. The molecule has 248 valence electrons. The van der Waals surface area contributed by atoms with Gasteiger partial charge in [-0.25, -0.2) is 0 Å². The fourth-order valence-electron chi connectivity index (χ4n) is 6.63. The summed E-state index contributed by atoms with van der Waals surface area (Å²) in [6, 6.07) is 0.818. The van der Waals surface area contributed by atoms with Crippen LogP contribution in [0.15, 0.2) is 0 Å². The van der Waals surface area contributed by atoms with E-state index in [1.54, 1.807) is 0 Å². The van der Waals surface area contributed by atoms with Crippen LogP contribution < -0.4 is 0 Å². The predicted molar refractivity (Wildman–Crippen MR) is 190 cm³/mol. The van der Waals surface area contributed by atoms with Crippen LogP contribution in [0.3, 0.4) is 0 Å². The van der Waals surface area contributed by atoms with Crippen molar-refractivity contribution in [2.45, 2.75) is 239 Å². The van der Waals surface area contributed by atoms with Crippen LogP contribution in [0.5, 0.6) is 0 Å². The summed E-state index contributed by atoms with van der Waals surface area (Å²) in [7, 11) is 4.98. The molecule has 1 heteroatoms. The lowest BCUT2D eigenvalue weighted by molar-refractivity contribution is -0.913. The van der Waals surface area contributed by atoms with Crippen molar-refractivity contribution < 1.29 is 4.48 Å². The third-order valence-corrected chi connectivity index (χ3v) is 10.3. The third kappa shape index (κ3) is 31.2. The highest BCUT2D eigenvalue weighted by Crippen LogP contribution is 2.19. The highest BCUT2D eigenvalue weighted by molar-refractivity contribution is 4.56. The molecule has 0 fully saturated rings. The average Bonchev–Trinajstić information content (AvgIpc) is 2.96. The maximum Gasteiger partial charge on any atom is 0.0857 e. The van der Waals surface area contributed by atoms with Crippen molar-refractivity contribution in [2.75, 3.05) is 20.6 Å². The molecule has 0 spiro atoms. The largest absolute Gasteiger partial charge is 0.326 e. The van der Waals surface area contributed by atoms with E-state index < -0.39 is 0 Å². The van der Waals surface area contributed by atoms with E-state index in [1.165, 1.54) is 223 Å². The van der Waals surface area contributed by atoms with E-state index in [-0.39, 0.29) is 0 Å². The molecule has 41 heavy (non-hydrogen) atoms. The zero-order chi connectivity index (χ0) is 30.1. The molecule has 0 aliphatic heterocycles. The maximum atomic E-state index is 2.51. The van der Waals surface area contributed by atoms with Gasteiger partial charge in [-0.1, -0.05) is 200 Å². The molecule has 0 aliphatic rings. The smallest absolute Gasteiger partial charge is 0.0857 e. The van der Waals surface area contributed by atoms with Gasteiger partial charge in [0.1, 0.15) is 0 Å². The minimum Gasteiger partial charge on any atom is -0.326 e. The summed E-state index contributed by atoms with van der Waals surface area (Å²) >= 11 is 0. The van der Waals surface area contributed by atoms with E-state index in [1.807, 2.05) is 0 Å². The normalized spacial score (nSPS) is 12.8. The van der Waals surface area contributed by atoms with E-state index in [4.69, 9.17) is 0 Å². The van der Waals surface area contributed by atoms with Crippen LogP contribution in [-0.2, 0) is 0 Å². The number of nitrogens with zero attached hydrogens (tertiary/aromatic N) is 1. The van der Waals surface area contributed by atoms with E-state index >= 15 is 0 Å². The third-order valence-electron chi connectivity index (χ3n) is 10.3. The zero-order valence-electron chi connectivity index (χ0n) is 30.1. The fraction of sp³-hybridized carbons (Fsp3) is 1.00. The van der Waals surface area contributed by atoms with Crippen molar-refractivity contribution in [3.8, 4) is 0 Å². The lowest BCUT2D eigenvalue weighted by atomic mass is 10.0. The highest BCUT2D eigenvalue weighted by Gasteiger charge is 2.22. The van der Waals surface area contributed by atoms with Crippen LogP contribution in [0.2, 0.25) is 0 Å². The molecule has 1 unspecified atom stereocenters. The van der Waals surface area contributed by atoms with Crippen molar-refractivity contribution in [1.82, 2.24) is 0 Å². The SMILES string of the molecule is CCCCCCCCCCCCCCCCCCC(C)[N+](C)(C)CCCCCCCCCCCCCCCCCC. The number of hydrogen-bond acceptors (Lipinski definition) is 0. The molecule has 0 aromatic rings. The Morgan fingerprint density at radius 2 is 0.537 bits per heavy atom. The predicted octanol–water partition coefficient (Wildman–Crippen LogP) is 14.4. The van der Waals surface area contributed by atoms with E-state index in [0.717, 1.165) is 6.04 Å². The molecule has 0 saturated carbocycles. The van der Waals surface area contributed by atoms with Gasteiger partial charge in [0.2, 0.25) is 0 Å². The van der Waals surface area contributed by atoms with Gasteiger partial charge in [0.05, 0.1) is 26.7 Å². The van der Waals surface area contributed by atoms with Gasteiger partial charge in [0, 0.05) is 0 Å². The first kappa shape index (κ1) is 41.0. The van der Waals surface area contributed by atoms with Gasteiger partial charge in [-0.2, -0.15) is 0 Å². The number of quaternary nitrogens is 1. The highest BCUT2D eigenvalue weighted by atomic mass is 15.3. The van der Waals surface area contributed by atoms with Crippen molar-refractivity contribution in [3.05, 3.63) is 0 Å². The Hall–Kier alpha value is -0.0400. The molecular formula is C40H84N+. The van der Waals surface area contributed by atoms with Crippen LogP contribution in [0.25, 0.3) is 0 Å². The molecule has 0 radical (unpaired) electrons. The lowest BCUT2D eigenvalue weighted by Gasteiger charge is -2.36. The molecule has 0 aromatic carbocycles. The standard InChI is InChI=1S/C40H84N/c1-6-8-10-12-14-16-18-20-22-24-26-28-30-32-34-36-38-40(3)41(4,5)39-37-35-33-31-29-27-25-23-21-19-17-15-13-11-9-7-2/h40H,6-39H2,1-5H3/q+1. The van der Waals surface area contributed by atoms with E-state index in [2.05, 4.69) is 34.9 Å². The average molecular weight is 579 g/mol. The van der Waals surface area contributed by atoms with Gasteiger partial charge in [-0.3, -0.25) is 0 Å². The molecule has 0 aliphatic carbocycles. The summed E-state index contributed by atoms with van der Waals surface area (Å²) < 4.78 is 1.23. The van der Waals surface area contributed by atoms with Gasteiger partial charge in [-0.05, 0) is 32.6 Å². The van der Waals surface area contributed by atoms with Crippen molar-refractivity contribution in [1.29, 1.82) is 0 Å². The number of hydrogen-bond donors (Lipinski definition) is 0. The molecule has 0 aromatic heterocycles.